The predicted molar refractivity (Wildman–Crippen MR) is 118 cm³/mol. The highest BCUT2D eigenvalue weighted by atomic mass is 35.5. The van der Waals surface area contributed by atoms with Gasteiger partial charge in [0.25, 0.3) is 5.56 Å². The van der Waals surface area contributed by atoms with Crippen molar-refractivity contribution in [2.75, 3.05) is 18.0 Å². The molecule has 0 bridgehead atoms. The van der Waals surface area contributed by atoms with E-state index in [1.165, 1.54) is 28.9 Å². The SMILES string of the molecule is O=C(NCc1cccc(Cl)c1)[C@H]1CCCN(c2ccc(=O)n(-c3cccc(F)c3)n2)C1. The van der Waals surface area contributed by atoms with Crippen LogP contribution in [-0.4, -0.2) is 28.8 Å². The first-order valence-corrected chi connectivity index (χ1v) is 10.5. The molecule has 1 saturated heterocycles. The quantitative estimate of drug-likeness (QED) is 0.658. The number of hydrogen-bond donors (Lipinski definition) is 1. The zero-order valence-electron chi connectivity index (χ0n) is 16.8. The van der Waals surface area contributed by atoms with Crippen molar-refractivity contribution in [1.82, 2.24) is 15.1 Å². The van der Waals surface area contributed by atoms with Crippen molar-refractivity contribution in [1.29, 1.82) is 0 Å². The van der Waals surface area contributed by atoms with E-state index >= 15 is 0 Å². The van der Waals surface area contributed by atoms with Gasteiger partial charge in [0, 0.05) is 30.7 Å². The maximum atomic E-state index is 13.6. The fourth-order valence-corrected chi connectivity index (χ4v) is 3.96. The molecule has 0 aliphatic carbocycles. The molecule has 6 nitrogen and oxygen atoms in total. The van der Waals surface area contributed by atoms with Crippen LogP contribution < -0.4 is 15.8 Å². The number of rotatable bonds is 5. The molecule has 1 aromatic heterocycles. The van der Waals surface area contributed by atoms with Crippen LogP contribution in [0.4, 0.5) is 10.2 Å². The minimum atomic E-state index is -0.439. The minimum absolute atomic E-state index is 0.0249. The predicted octanol–water partition coefficient (Wildman–Crippen LogP) is 3.56. The Bertz CT molecular complexity index is 1150. The lowest BCUT2D eigenvalue weighted by Crippen LogP contribution is -2.43. The van der Waals surface area contributed by atoms with Gasteiger partial charge in [-0.2, -0.15) is 4.68 Å². The number of benzene rings is 2. The molecular formula is C23H22ClFN4O2. The number of hydrogen-bond acceptors (Lipinski definition) is 4. The van der Waals surface area contributed by atoms with E-state index < -0.39 is 5.82 Å². The Kier molecular flexibility index (Phi) is 6.32. The van der Waals surface area contributed by atoms with E-state index in [4.69, 9.17) is 11.6 Å². The van der Waals surface area contributed by atoms with Crippen molar-refractivity contribution in [2.45, 2.75) is 19.4 Å². The van der Waals surface area contributed by atoms with Gasteiger partial charge in [-0.25, -0.2) is 4.39 Å². The molecule has 4 rings (SSSR count). The molecule has 1 aliphatic rings. The standard InChI is InChI=1S/C23H22ClFN4O2/c24-18-6-1-4-16(12-18)14-26-23(31)17-5-3-11-28(15-17)21-9-10-22(30)29(27-21)20-8-2-7-19(25)13-20/h1-2,4,6-10,12-13,17H,3,5,11,14-15H2,(H,26,31)/t17-/m0/s1. The number of carbonyl (C=O) groups excluding carboxylic acids is 1. The lowest BCUT2D eigenvalue weighted by molar-refractivity contribution is -0.125. The topological polar surface area (TPSA) is 67.2 Å². The molecule has 2 aromatic carbocycles. The van der Waals surface area contributed by atoms with Crippen LogP contribution in [0.3, 0.4) is 0 Å². The third kappa shape index (κ3) is 5.11. The molecule has 3 aromatic rings. The van der Waals surface area contributed by atoms with Gasteiger partial charge < -0.3 is 10.2 Å². The van der Waals surface area contributed by atoms with Gasteiger partial charge in [0.2, 0.25) is 5.91 Å². The summed E-state index contributed by atoms with van der Waals surface area (Å²) in [4.78, 5) is 27.0. The van der Waals surface area contributed by atoms with E-state index in [2.05, 4.69) is 10.4 Å². The fourth-order valence-electron chi connectivity index (χ4n) is 3.74. The molecule has 1 N–H and O–H groups in total. The van der Waals surface area contributed by atoms with Crippen LogP contribution in [0.25, 0.3) is 5.69 Å². The second-order valence-electron chi connectivity index (χ2n) is 7.55. The number of nitrogens with zero attached hydrogens (tertiary/aromatic N) is 3. The first kappa shape index (κ1) is 21.1. The van der Waals surface area contributed by atoms with Crippen molar-refractivity contribution < 1.29 is 9.18 Å². The Balaban J connectivity index is 1.46. The van der Waals surface area contributed by atoms with Crippen molar-refractivity contribution in [3.05, 3.63) is 87.4 Å². The van der Waals surface area contributed by atoms with Crippen molar-refractivity contribution >= 4 is 23.3 Å². The van der Waals surface area contributed by atoms with Gasteiger partial charge in [0.15, 0.2) is 0 Å². The zero-order valence-corrected chi connectivity index (χ0v) is 17.6. The van der Waals surface area contributed by atoms with Gasteiger partial charge in [-0.3, -0.25) is 9.59 Å². The monoisotopic (exact) mass is 440 g/mol. The number of piperidine rings is 1. The van der Waals surface area contributed by atoms with E-state index in [0.29, 0.717) is 29.6 Å². The van der Waals surface area contributed by atoms with E-state index in [9.17, 15) is 14.0 Å². The number of carbonyl (C=O) groups is 1. The molecule has 0 spiro atoms. The van der Waals surface area contributed by atoms with Crippen LogP contribution in [0.15, 0.2) is 65.5 Å². The van der Waals surface area contributed by atoms with Gasteiger partial charge in [-0.15, -0.1) is 5.10 Å². The average molecular weight is 441 g/mol. The van der Waals surface area contributed by atoms with Gasteiger partial charge in [-0.1, -0.05) is 29.8 Å². The average Bonchev–Trinajstić information content (AvgIpc) is 2.78. The molecule has 1 aliphatic heterocycles. The molecule has 0 unspecified atom stereocenters. The highest BCUT2D eigenvalue weighted by Crippen LogP contribution is 2.22. The summed E-state index contributed by atoms with van der Waals surface area (Å²) in [7, 11) is 0. The smallest absolute Gasteiger partial charge is 0.271 e. The molecule has 160 valence electrons. The van der Waals surface area contributed by atoms with Crippen molar-refractivity contribution in [3.63, 3.8) is 0 Å². The van der Waals surface area contributed by atoms with Gasteiger partial charge >= 0.3 is 0 Å². The maximum Gasteiger partial charge on any atom is 0.271 e. The summed E-state index contributed by atoms with van der Waals surface area (Å²) in [6.45, 7) is 1.64. The molecular weight excluding hydrogens is 419 g/mol. The molecule has 1 fully saturated rings. The number of nitrogens with one attached hydrogen (secondary N) is 1. The van der Waals surface area contributed by atoms with Crippen molar-refractivity contribution in [2.24, 2.45) is 5.92 Å². The first-order valence-electron chi connectivity index (χ1n) is 10.1. The summed E-state index contributed by atoms with van der Waals surface area (Å²) in [6, 6.07) is 16.2. The van der Waals surface area contributed by atoms with E-state index in [1.54, 1.807) is 18.2 Å². The highest BCUT2D eigenvalue weighted by Gasteiger charge is 2.26. The second kappa shape index (κ2) is 9.31. The lowest BCUT2D eigenvalue weighted by Gasteiger charge is -2.33. The number of halogens is 2. The number of anilines is 1. The van der Waals surface area contributed by atoms with Gasteiger partial charge in [0.05, 0.1) is 11.6 Å². The van der Waals surface area contributed by atoms with Crippen LogP contribution in [0.1, 0.15) is 18.4 Å². The summed E-state index contributed by atoms with van der Waals surface area (Å²) in [6.07, 6.45) is 1.61. The maximum absolute atomic E-state index is 13.6. The summed E-state index contributed by atoms with van der Waals surface area (Å²) in [5.74, 6) is -0.0744. The van der Waals surface area contributed by atoms with Crippen molar-refractivity contribution in [3.8, 4) is 5.69 Å². The van der Waals surface area contributed by atoms with Gasteiger partial charge in [-0.05, 0) is 54.8 Å². The normalized spacial score (nSPS) is 16.2. The lowest BCUT2D eigenvalue weighted by atomic mass is 9.97. The summed E-state index contributed by atoms with van der Waals surface area (Å²) >= 11 is 6.00. The van der Waals surface area contributed by atoms with Crippen LogP contribution in [-0.2, 0) is 11.3 Å². The molecule has 1 atom stereocenters. The fraction of sp³-hybridized carbons (Fsp3) is 0.261. The second-order valence-corrected chi connectivity index (χ2v) is 7.99. The van der Waals surface area contributed by atoms with E-state index in [0.717, 1.165) is 24.9 Å². The Hall–Kier alpha value is -3.19. The largest absolute Gasteiger partial charge is 0.354 e. The molecule has 0 saturated carbocycles. The molecule has 2 heterocycles. The zero-order chi connectivity index (χ0) is 21.8. The van der Waals surface area contributed by atoms with E-state index in [1.807, 2.05) is 23.1 Å². The number of amides is 1. The van der Waals surface area contributed by atoms with Gasteiger partial charge in [0.1, 0.15) is 11.6 Å². The minimum Gasteiger partial charge on any atom is -0.354 e. The summed E-state index contributed by atoms with van der Waals surface area (Å²) < 4.78 is 14.8. The number of aromatic nitrogens is 2. The molecule has 0 radical (unpaired) electrons. The Morgan fingerprint density at radius 2 is 2.00 bits per heavy atom. The molecule has 1 amide bonds. The Morgan fingerprint density at radius 1 is 1.16 bits per heavy atom. The Morgan fingerprint density at radius 3 is 2.81 bits per heavy atom. The van der Waals surface area contributed by atoms with E-state index in [-0.39, 0.29) is 17.4 Å². The highest BCUT2D eigenvalue weighted by molar-refractivity contribution is 6.30. The van der Waals surface area contributed by atoms with Crippen LogP contribution in [0.5, 0.6) is 0 Å². The molecule has 31 heavy (non-hydrogen) atoms. The Labute approximate surface area is 184 Å². The summed E-state index contributed by atoms with van der Waals surface area (Å²) in [5, 5.41) is 8.03. The third-order valence-corrected chi connectivity index (χ3v) is 5.55. The first-order chi connectivity index (χ1) is 15.0. The third-order valence-electron chi connectivity index (χ3n) is 5.31. The summed E-state index contributed by atoms with van der Waals surface area (Å²) in [5.41, 5.74) is 0.958. The van der Waals surface area contributed by atoms with Crippen LogP contribution in [0, 0.1) is 11.7 Å². The van der Waals surface area contributed by atoms with Crippen LogP contribution in [0.2, 0.25) is 5.02 Å². The van der Waals surface area contributed by atoms with Crippen LogP contribution >= 0.6 is 11.6 Å². The molecule has 8 heteroatoms.